The number of nitrogens with two attached hydrogens (primary N) is 1. The second kappa shape index (κ2) is 7.40. The molecule has 1 amide bonds. The lowest BCUT2D eigenvalue weighted by Crippen LogP contribution is -2.57. The van der Waals surface area contributed by atoms with E-state index < -0.39 is 0 Å². The average Bonchev–Trinajstić information content (AvgIpc) is 3.12. The fraction of sp³-hybridized carbons (Fsp3) is 0.350. The van der Waals surface area contributed by atoms with Crippen molar-refractivity contribution in [2.75, 3.05) is 25.4 Å². The van der Waals surface area contributed by atoms with Gasteiger partial charge >= 0.3 is 0 Å². The Morgan fingerprint density at radius 1 is 1.21 bits per heavy atom. The monoisotopic (exact) mass is 447 g/mol. The van der Waals surface area contributed by atoms with Crippen LogP contribution in [-0.4, -0.2) is 46.5 Å². The Morgan fingerprint density at radius 3 is 2.69 bits per heavy atom. The van der Waals surface area contributed by atoms with Gasteiger partial charge in [-0.05, 0) is 56.1 Å². The Labute approximate surface area is 182 Å². The summed E-state index contributed by atoms with van der Waals surface area (Å²) in [6.45, 7) is 3.21. The summed E-state index contributed by atoms with van der Waals surface area (Å²) >= 11 is 13.7. The number of halogens is 2. The first-order valence-corrected chi connectivity index (χ1v) is 11.1. The van der Waals surface area contributed by atoms with Crippen molar-refractivity contribution in [3.05, 3.63) is 39.2 Å². The van der Waals surface area contributed by atoms with Gasteiger partial charge in [0.1, 0.15) is 4.83 Å². The zero-order chi connectivity index (χ0) is 20.1. The van der Waals surface area contributed by atoms with Crippen LogP contribution < -0.4 is 11.1 Å². The van der Waals surface area contributed by atoms with Gasteiger partial charge in [0.15, 0.2) is 0 Å². The Kier molecular flexibility index (Phi) is 4.86. The fourth-order valence-electron chi connectivity index (χ4n) is 4.30. The van der Waals surface area contributed by atoms with Gasteiger partial charge in [-0.15, -0.1) is 11.3 Å². The van der Waals surface area contributed by atoms with Crippen LogP contribution in [0.25, 0.3) is 21.5 Å². The minimum Gasteiger partial charge on any atom is -0.368 e. The molecule has 2 bridgehead atoms. The first-order valence-electron chi connectivity index (χ1n) is 9.53. The average molecular weight is 448 g/mol. The van der Waals surface area contributed by atoms with Gasteiger partial charge in [-0.3, -0.25) is 4.79 Å². The van der Waals surface area contributed by atoms with E-state index in [4.69, 9.17) is 28.9 Å². The molecule has 150 valence electrons. The molecule has 1 atom stereocenters. The SMILES string of the molecule is Nc1nc(-c2ccc(Cl)cc2Cl)c2cc(C(=O)NC3CN4CCC3CC4)sc2n1. The number of anilines is 1. The van der Waals surface area contributed by atoms with E-state index in [-0.39, 0.29) is 17.9 Å². The summed E-state index contributed by atoms with van der Waals surface area (Å²) in [5.74, 6) is 0.639. The maximum absolute atomic E-state index is 13.0. The van der Waals surface area contributed by atoms with Crippen molar-refractivity contribution in [2.24, 2.45) is 5.92 Å². The van der Waals surface area contributed by atoms with Gasteiger partial charge in [0, 0.05) is 28.6 Å². The van der Waals surface area contributed by atoms with E-state index in [1.807, 2.05) is 6.07 Å². The van der Waals surface area contributed by atoms with Gasteiger partial charge in [-0.25, -0.2) is 9.97 Å². The molecule has 0 spiro atoms. The van der Waals surface area contributed by atoms with Crippen LogP contribution in [0.5, 0.6) is 0 Å². The summed E-state index contributed by atoms with van der Waals surface area (Å²) in [6, 6.07) is 7.25. The van der Waals surface area contributed by atoms with E-state index in [1.54, 1.807) is 18.2 Å². The molecule has 3 N–H and O–H groups in total. The second-order valence-electron chi connectivity index (χ2n) is 7.60. The van der Waals surface area contributed by atoms with E-state index in [0.29, 0.717) is 36.9 Å². The van der Waals surface area contributed by atoms with Crippen molar-refractivity contribution in [3.63, 3.8) is 0 Å². The van der Waals surface area contributed by atoms with Crippen molar-refractivity contribution in [1.29, 1.82) is 0 Å². The minimum atomic E-state index is -0.0709. The van der Waals surface area contributed by atoms with E-state index in [0.717, 1.165) is 37.9 Å². The molecule has 1 unspecified atom stereocenters. The maximum atomic E-state index is 13.0. The minimum absolute atomic E-state index is 0.0709. The first-order chi connectivity index (χ1) is 14.0. The summed E-state index contributed by atoms with van der Waals surface area (Å²) < 4.78 is 0. The number of nitrogens with zero attached hydrogens (tertiary/aromatic N) is 3. The molecule has 3 aliphatic heterocycles. The molecular weight excluding hydrogens is 429 g/mol. The molecular formula is C20H19Cl2N5OS. The summed E-state index contributed by atoms with van der Waals surface area (Å²) in [7, 11) is 0. The summed E-state index contributed by atoms with van der Waals surface area (Å²) in [4.78, 5) is 25.4. The second-order valence-corrected chi connectivity index (χ2v) is 9.48. The summed E-state index contributed by atoms with van der Waals surface area (Å²) in [5, 5.41) is 5.00. The number of carbonyl (C=O) groups excluding carboxylic acids is 1. The van der Waals surface area contributed by atoms with Gasteiger partial charge in [0.05, 0.1) is 15.6 Å². The molecule has 2 aromatic heterocycles. The van der Waals surface area contributed by atoms with Crippen molar-refractivity contribution in [2.45, 2.75) is 18.9 Å². The summed E-state index contributed by atoms with van der Waals surface area (Å²) in [5.41, 5.74) is 7.24. The molecule has 1 aromatic carbocycles. The fourth-order valence-corrected chi connectivity index (χ4v) is 5.74. The van der Waals surface area contributed by atoms with Gasteiger partial charge in [0.2, 0.25) is 5.95 Å². The number of nitrogens with one attached hydrogen (secondary N) is 1. The molecule has 3 fully saturated rings. The Bertz CT molecular complexity index is 1110. The topological polar surface area (TPSA) is 84.1 Å². The standard InChI is InChI=1S/C20H19Cl2N5OS/c21-11-1-2-12(14(22)7-11)17-13-8-16(29-19(13)26-20(23)25-17)18(28)24-15-9-27-5-3-10(15)4-6-27/h1-2,7-8,10,15H,3-6,9H2,(H,24,28)(H2,23,25,26). The highest BCUT2D eigenvalue weighted by atomic mass is 35.5. The smallest absolute Gasteiger partial charge is 0.261 e. The van der Waals surface area contributed by atoms with Gasteiger partial charge < -0.3 is 16.0 Å². The highest BCUT2D eigenvalue weighted by Crippen LogP contribution is 2.37. The molecule has 3 saturated heterocycles. The van der Waals surface area contributed by atoms with Crippen molar-refractivity contribution < 1.29 is 4.79 Å². The summed E-state index contributed by atoms with van der Waals surface area (Å²) in [6.07, 6.45) is 2.30. The Morgan fingerprint density at radius 2 is 2.00 bits per heavy atom. The Balaban J connectivity index is 1.49. The van der Waals surface area contributed by atoms with E-state index in [2.05, 4.69) is 20.2 Å². The van der Waals surface area contributed by atoms with E-state index >= 15 is 0 Å². The molecule has 6 nitrogen and oxygen atoms in total. The molecule has 29 heavy (non-hydrogen) atoms. The third-order valence-corrected chi connectivity index (χ3v) is 7.37. The van der Waals surface area contributed by atoms with Gasteiger partial charge in [0.25, 0.3) is 5.91 Å². The van der Waals surface area contributed by atoms with Gasteiger partial charge in [-0.2, -0.15) is 0 Å². The highest BCUT2D eigenvalue weighted by molar-refractivity contribution is 7.20. The van der Waals surface area contributed by atoms with Crippen LogP contribution in [0.3, 0.4) is 0 Å². The molecule has 0 saturated carbocycles. The van der Waals surface area contributed by atoms with Crippen LogP contribution >= 0.6 is 34.5 Å². The molecule has 3 aromatic rings. The third kappa shape index (κ3) is 3.57. The lowest BCUT2D eigenvalue weighted by Gasteiger charge is -2.44. The van der Waals surface area contributed by atoms with Gasteiger partial charge in [-0.1, -0.05) is 23.2 Å². The van der Waals surface area contributed by atoms with Crippen molar-refractivity contribution in [1.82, 2.24) is 20.2 Å². The molecule has 3 aliphatic rings. The number of hydrogen-bond acceptors (Lipinski definition) is 6. The number of amides is 1. The highest BCUT2D eigenvalue weighted by Gasteiger charge is 2.35. The normalized spacial score (nSPS) is 23.4. The van der Waals surface area contributed by atoms with E-state index in [1.165, 1.54) is 11.3 Å². The molecule has 6 rings (SSSR count). The number of nitrogen functional groups attached to an aromatic ring is 1. The number of fused-ring (bicyclic) bond motifs is 4. The maximum Gasteiger partial charge on any atom is 0.261 e. The van der Waals surface area contributed by atoms with Crippen LogP contribution in [0.15, 0.2) is 24.3 Å². The number of aromatic nitrogens is 2. The quantitative estimate of drug-likeness (QED) is 0.631. The number of rotatable bonds is 3. The number of carbonyl (C=O) groups is 1. The number of piperidine rings is 3. The number of thiophene rings is 1. The number of hydrogen-bond donors (Lipinski definition) is 2. The first kappa shape index (κ1) is 19.1. The molecule has 0 aliphatic carbocycles. The third-order valence-electron chi connectivity index (χ3n) is 5.79. The lowest BCUT2D eigenvalue weighted by atomic mass is 9.84. The van der Waals surface area contributed by atoms with Crippen molar-refractivity contribution in [3.8, 4) is 11.3 Å². The largest absolute Gasteiger partial charge is 0.368 e. The van der Waals surface area contributed by atoms with Crippen LogP contribution in [0.2, 0.25) is 10.0 Å². The predicted molar refractivity (Wildman–Crippen MR) is 118 cm³/mol. The van der Waals surface area contributed by atoms with Crippen LogP contribution in [0.4, 0.5) is 5.95 Å². The van der Waals surface area contributed by atoms with Crippen LogP contribution in [-0.2, 0) is 0 Å². The molecule has 9 heteroatoms. The van der Waals surface area contributed by atoms with E-state index in [9.17, 15) is 4.79 Å². The van der Waals surface area contributed by atoms with Crippen LogP contribution in [0, 0.1) is 5.92 Å². The molecule has 5 heterocycles. The molecule has 0 radical (unpaired) electrons. The Hall–Kier alpha value is -1.93. The lowest BCUT2D eigenvalue weighted by molar-refractivity contribution is 0.0622. The van der Waals surface area contributed by atoms with Crippen LogP contribution in [0.1, 0.15) is 22.5 Å². The number of benzene rings is 1. The predicted octanol–water partition coefficient (Wildman–Crippen LogP) is 4.07. The zero-order valence-corrected chi connectivity index (χ0v) is 17.8. The van der Waals surface area contributed by atoms with Crippen molar-refractivity contribution >= 4 is 56.6 Å². The zero-order valence-electron chi connectivity index (χ0n) is 15.5.